The van der Waals surface area contributed by atoms with Crippen molar-refractivity contribution in [2.24, 2.45) is 0 Å². The fourth-order valence-electron chi connectivity index (χ4n) is 1.89. The molecule has 6 heteroatoms. The molecule has 0 aliphatic rings. The molecule has 0 saturated heterocycles. The number of hydrogen-bond acceptors (Lipinski definition) is 6. The Morgan fingerprint density at radius 1 is 1.15 bits per heavy atom. The summed E-state index contributed by atoms with van der Waals surface area (Å²) in [6.45, 7) is -1.41. The second kappa shape index (κ2) is 5.84. The van der Waals surface area contributed by atoms with E-state index < -0.39 is 25.4 Å². The normalized spacial score (nSPS) is 11.3. The minimum atomic E-state index is -1.30. The van der Waals surface area contributed by atoms with Crippen molar-refractivity contribution in [1.82, 2.24) is 4.98 Å². The molecule has 0 aliphatic carbocycles. The number of benzene rings is 1. The van der Waals surface area contributed by atoms with E-state index in [0.717, 1.165) is 0 Å². The summed E-state index contributed by atoms with van der Waals surface area (Å²) in [5.41, 5.74) is 0.103. The number of fused-ring (bicyclic) bond motifs is 1. The lowest BCUT2D eigenvalue weighted by Gasteiger charge is -2.30. The number of pyridine rings is 1. The maximum atomic E-state index is 9.39. The fourth-order valence-corrected chi connectivity index (χ4v) is 1.89. The Bertz CT molecular complexity index is 639. The summed E-state index contributed by atoms with van der Waals surface area (Å²) in [6.07, 6.45) is 1.42. The smallest absolute Gasteiger partial charge is 0.107 e. The first-order chi connectivity index (χ1) is 9.69. The van der Waals surface area contributed by atoms with E-state index in [9.17, 15) is 20.6 Å². The number of nitrogens with zero attached hydrogens (tertiary/aromatic N) is 2. The number of nitriles is 1. The van der Waals surface area contributed by atoms with E-state index in [4.69, 9.17) is 0 Å². The molecule has 0 amide bonds. The van der Waals surface area contributed by atoms with E-state index in [1.165, 1.54) is 6.20 Å². The second-order valence-electron chi connectivity index (χ2n) is 4.56. The third-order valence-corrected chi connectivity index (χ3v) is 3.19. The summed E-state index contributed by atoms with van der Waals surface area (Å²) in [5, 5.41) is 40.9. The van der Waals surface area contributed by atoms with Gasteiger partial charge in [0.1, 0.15) is 11.6 Å². The minimum absolute atomic E-state index is 0.281. The molecule has 0 fully saturated rings. The van der Waals surface area contributed by atoms with Crippen molar-refractivity contribution in [3.63, 3.8) is 0 Å². The van der Waals surface area contributed by atoms with Gasteiger partial charge in [-0.05, 0) is 6.07 Å². The molecule has 2 rings (SSSR count). The molecule has 0 atom stereocenters. The summed E-state index contributed by atoms with van der Waals surface area (Å²) in [6, 6.07) is 9.21. The molecule has 4 N–H and O–H groups in total. The first-order valence-corrected chi connectivity index (χ1v) is 6.08. The topological polar surface area (TPSA) is 109 Å². The van der Waals surface area contributed by atoms with Crippen LogP contribution in [0.4, 0.5) is 5.69 Å². The molecule has 2 aromatic rings. The van der Waals surface area contributed by atoms with Gasteiger partial charge in [-0.3, -0.25) is 4.98 Å². The van der Waals surface area contributed by atoms with Crippen molar-refractivity contribution in [3.05, 3.63) is 36.0 Å². The molecule has 0 spiro atoms. The number of aliphatic hydroxyl groups is 3. The van der Waals surface area contributed by atoms with E-state index in [0.29, 0.717) is 16.6 Å². The van der Waals surface area contributed by atoms with Gasteiger partial charge in [-0.15, -0.1) is 0 Å². The van der Waals surface area contributed by atoms with Crippen LogP contribution in [0.25, 0.3) is 10.9 Å². The Balaban J connectivity index is 2.60. The monoisotopic (exact) mass is 273 g/mol. The van der Waals surface area contributed by atoms with Crippen molar-refractivity contribution < 1.29 is 15.3 Å². The molecule has 0 unspecified atom stereocenters. The van der Waals surface area contributed by atoms with Crippen LogP contribution in [0.2, 0.25) is 0 Å². The zero-order valence-electron chi connectivity index (χ0n) is 10.7. The maximum Gasteiger partial charge on any atom is 0.107 e. The van der Waals surface area contributed by atoms with Gasteiger partial charge in [0.25, 0.3) is 0 Å². The average molecular weight is 273 g/mol. The Morgan fingerprint density at radius 3 is 2.40 bits per heavy atom. The predicted molar refractivity (Wildman–Crippen MR) is 74.1 cm³/mol. The summed E-state index contributed by atoms with van der Waals surface area (Å²) in [4.78, 5) is 4.17. The van der Waals surface area contributed by atoms with Gasteiger partial charge in [0.15, 0.2) is 0 Å². The van der Waals surface area contributed by atoms with Crippen LogP contribution in [0, 0.1) is 11.3 Å². The number of rotatable bonds is 5. The molecular weight excluding hydrogens is 258 g/mol. The predicted octanol–water partition coefficient (Wildman–Crippen LogP) is 0.234. The van der Waals surface area contributed by atoms with Crippen LogP contribution in [0.1, 0.15) is 5.56 Å². The highest BCUT2D eigenvalue weighted by Gasteiger charge is 2.29. The molecule has 20 heavy (non-hydrogen) atoms. The van der Waals surface area contributed by atoms with Crippen LogP contribution in [-0.2, 0) is 0 Å². The fraction of sp³-hybridized carbons (Fsp3) is 0.286. The van der Waals surface area contributed by atoms with Crippen molar-refractivity contribution in [2.45, 2.75) is 5.54 Å². The van der Waals surface area contributed by atoms with Gasteiger partial charge in [-0.1, -0.05) is 18.2 Å². The lowest BCUT2D eigenvalue weighted by Crippen LogP contribution is -2.49. The minimum Gasteiger partial charge on any atom is -0.394 e. The number of para-hydroxylation sites is 1. The highest BCUT2D eigenvalue weighted by atomic mass is 16.3. The van der Waals surface area contributed by atoms with E-state index >= 15 is 0 Å². The quantitative estimate of drug-likeness (QED) is 0.621. The van der Waals surface area contributed by atoms with Gasteiger partial charge >= 0.3 is 0 Å². The molecule has 0 aliphatic heterocycles. The van der Waals surface area contributed by atoms with Gasteiger partial charge in [-0.2, -0.15) is 5.26 Å². The lowest BCUT2D eigenvalue weighted by molar-refractivity contribution is 0.0834. The highest BCUT2D eigenvalue weighted by molar-refractivity contribution is 5.94. The van der Waals surface area contributed by atoms with Gasteiger partial charge < -0.3 is 20.6 Å². The summed E-state index contributed by atoms with van der Waals surface area (Å²) >= 11 is 0. The maximum absolute atomic E-state index is 9.39. The molecule has 1 aromatic carbocycles. The molecular formula is C14H15N3O3. The van der Waals surface area contributed by atoms with Crippen LogP contribution in [0.5, 0.6) is 0 Å². The van der Waals surface area contributed by atoms with Crippen LogP contribution >= 0.6 is 0 Å². The van der Waals surface area contributed by atoms with E-state index in [1.54, 1.807) is 18.2 Å². The molecule has 0 radical (unpaired) electrons. The van der Waals surface area contributed by atoms with E-state index in [-0.39, 0.29) is 5.56 Å². The highest BCUT2D eigenvalue weighted by Crippen LogP contribution is 2.28. The van der Waals surface area contributed by atoms with Gasteiger partial charge in [0.05, 0.1) is 36.6 Å². The zero-order chi connectivity index (χ0) is 14.6. The van der Waals surface area contributed by atoms with Crippen LogP contribution in [0.15, 0.2) is 30.5 Å². The SMILES string of the molecule is N#Cc1cnc2ccccc2c1NC(CO)(CO)CO. The Kier molecular flexibility index (Phi) is 4.15. The molecule has 6 nitrogen and oxygen atoms in total. The third-order valence-electron chi connectivity index (χ3n) is 3.19. The molecule has 1 heterocycles. The number of aliphatic hydroxyl groups excluding tert-OH is 3. The lowest BCUT2D eigenvalue weighted by atomic mass is 10.0. The Hall–Kier alpha value is -2.20. The van der Waals surface area contributed by atoms with Crippen molar-refractivity contribution >= 4 is 16.6 Å². The first-order valence-electron chi connectivity index (χ1n) is 6.08. The van der Waals surface area contributed by atoms with Crippen LogP contribution in [0.3, 0.4) is 0 Å². The largest absolute Gasteiger partial charge is 0.394 e. The molecule has 0 bridgehead atoms. The first kappa shape index (κ1) is 14.2. The summed E-state index contributed by atoms with van der Waals surface area (Å²) in [7, 11) is 0. The number of aromatic nitrogens is 1. The van der Waals surface area contributed by atoms with Gasteiger partial charge in [0, 0.05) is 11.6 Å². The van der Waals surface area contributed by atoms with Crippen molar-refractivity contribution in [2.75, 3.05) is 25.1 Å². The standard InChI is InChI=1S/C14H15N3O3/c15-5-10-6-16-12-4-2-1-3-11(12)13(10)17-14(7-18,8-19)9-20/h1-4,6,18-20H,7-9H2,(H,16,17). The number of anilines is 1. The van der Waals surface area contributed by atoms with Crippen LogP contribution < -0.4 is 5.32 Å². The van der Waals surface area contributed by atoms with Crippen molar-refractivity contribution in [1.29, 1.82) is 5.26 Å². The Morgan fingerprint density at radius 2 is 1.80 bits per heavy atom. The third kappa shape index (κ3) is 2.42. The van der Waals surface area contributed by atoms with Gasteiger partial charge in [-0.25, -0.2) is 0 Å². The molecule has 1 aromatic heterocycles. The Labute approximate surface area is 115 Å². The zero-order valence-corrected chi connectivity index (χ0v) is 10.7. The molecule has 104 valence electrons. The average Bonchev–Trinajstić information content (AvgIpc) is 2.52. The van der Waals surface area contributed by atoms with Gasteiger partial charge in [0.2, 0.25) is 0 Å². The van der Waals surface area contributed by atoms with Crippen molar-refractivity contribution in [3.8, 4) is 6.07 Å². The molecule has 0 saturated carbocycles. The number of hydrogen-bond donors (Lipinski definition) is 4. The van der Waals surface area contributed by atoms with E-state index in [1.807, 2.05) is 12.1 Å². The summed E-state index contributed by atoms with van der Waals surface area (Å²) in [5.74, 6) is 0. The van der Waals surface area contributed by atoms with E-state index in [2.05, 4.69) is 10.3 Å². The van der Waals surface area contributed by atoms with Crippen LogP contribution in [-0.4, -0.2) is 45.7 Å². The summed E-state index contributed by atoms with van der Waals surface area (Å²) < 4.78 is 0. The second-order valence-corrected chi connectivity index (χ2v) is 4.56. The number of nitrogens with one attached hydrogen (secondary N) is 1.